The molecule has 0 unspecified atom stereocenters. The molecular formula is C12H9ClN2O2. The van der Waals surface area contributed by atoms with E-state index in [0.29, 0.717) is 22.2 Å². The first-order valence-electron chi connectivity index (χ1n) is 4.85. The van der Waals surface area contributed by atoms with E-state index in [4.69, 9.17) is 22.1 Å². The number of para-hydroxylation sites is 1. The molecule has 2 rings (SSSR count). The number of hydrogen-bond donors (Lipinski definition) is 1. The van der Waals surface area contributed by atoms with Gasteiger partial charge in [0.2, 0.25) is 0 Å². The third-order valence-corrected chi connectivity index (χ3v) is 2.29. The van der Waals surface area contributed by atoms with Gasteiger partial charge in [-0.3, -0.25) is 4.79 Å². The van der Waals surface area contributed by atoms with Gasteiger partial charge in [0.1, 0.15) is 16.7 Å². The zero-order valence-corrected chi connectivity index (χ0v) is 9.52. The second-order valence-electron chi connectivity index (χ2n) is 3.28. The number of nitrogens with zero attached hydrogens (tertiary/aromatic N) is 1. The fourth-order valence-electron chi connectivity index (χ4n) is 1.33. The molecule has 0 saturated heterocycles. The van der Waals surface area contributed by atoms with Gasteiger partial charge >= 0.3 is 0 Å². The molecular weight excluding hydrogens is 240 g/mol. The van der Waals surface area contributed by atoms with Crippen molar-refractivity contribution in [2.24, 2.45) is 5.73 Å². The summed E-state index contributed by atoms with van der Waals surface area (Å²) in [7, 11) is 0. The van der Waals surface area contributed by atoms with Gasteiger partial charge in [0, 0.05) is 12.3 Å². The zero-order chi connectivity index (χ0) is 12.3. The Labute approximate surface area is 103 Å². The van der Waals surface area contributed by atoms with Gasteiger partial charge in [-0.15, -0.1) is 0 Å². The number of primary amides is 1. The molecule has 2 aromatic rings. The van der Waals surface area contributed by atoms with Crippen molar-refractivity contribution in [2.45, 2.75) is 0 Å². The van der Waals surface area contributed by atoms with Gasteiger partial charge in [-0.1, -0.05) is 23.7 Å². The maximum absolute atomic E-state index is 11.2. The van der Waals surface area contributed by atoms with Crippen LogP contribution in [0.25, 0.3) is 0 Å². The largest absolute Gasteiger partial charge is 0.456 e. The van der Waals surface area contributed by atoms with Gasteiger partial charge in [-0.2, -0.15) is 0 Å². The minimum Gasteiger partial charge on any atom is -0.456 e. The van der Waals surface area contributed by atoms with E-state index < -0.39 is 5.91 Å². The molecule has 2 N–H and O–H groups in total. The Morgan fingerprint density at radius 3 is 2.76 bits per heavy atom. The third kappa shape index (κ3) is 2.73. The topological polar surface area (TPSA) is 65.2 Å². The van der Waals surface area contributed by atoms with Gasteiger partial charge in [-0.25, -0.2) is 4.98 Å². The normalized spacial score (nSPS) is 9.94. The van der Waals surface area contributed by atoms with Crippen LogP contribution in [-0.2, 0) is 0 Å². The second kappa shape index (κ2) is 4.84. The van der Waals surface area contributed by atoms with E-state index in [1.54, 1.807) is 36.4 Å². The highest BCUT2D eigenvalue weighted by Crippen LogP contribution is 2.25. The average molecular weight is 249 g/mol. The molecule has 86 valence electrons. The molecule has 0 saturated carbocycles. The number of halogens is 1. The van der Waals surface area contributed by atoms with Crippen LogP contribution >= 0.6 is 11.6 Å². The van der Waals surface area contributed by atoms with E-state index in [-0.39, 0.29) is 0 Å². The molecule has 1 heterocycles. The molecule has 1 amide bonds. The standard InChI is InChI=1S/C12H9ClN2O2/c13-11-7-8(5-6-15-11)17-10-4-2-1-3-9(10)12(14)16/h1-7H,(H2,14,16). The van der Waals surface area contributed by atoms with Gasteiger partial charge < -0.3 is 10.5 Å². The number of rotatable bonds is 3. The lowest BCUT2D eigenvalue weighted by atomic mass is 10.2. The molecule has 1 aromatic carbocycles. The van der Waals surface area contributed by atoms with Gasteiger partial charge in [0.05, 0.1) is 5.56 Å². The van der Waals surface area contributed by atoms with Crippen molar-refractivity contribution in [1.29, 1.82) is 0 Å². The lowest BCUT2D eigenvalue weighted by Gasteiger charge is -2.08. The summed E-state index contributed by atoms with van der Waals surface area (Å²) in [5.74, 6) is 0.349. The molecule has 4 nitrogen and oxygen atoms in total. The molecule has 5 heteroatoms. The quantitative estimate of drug-likeness (QED) is 0.849. The summed E-state index contributed by atoms with van der Waals surface area (Å²) < 4.78 is 5.53. The minimum absolute atomic E-state index is 0.319. The maximum Gasteiger partial charge on any atom is 0.252 e. The Hall–Kier alpha value is -2.07. The van der Waals surface area contributed by atoms with Crippen LogP contribution in [0.4, 0.5) is 0 Å². The van der Waals surface area contributed by atoms with Crippen LogP contribution in [0.3, 0.4) is 0 Å². The average Bonchev–Trinajstić information content (AvgIpc) is 2.29. The lowest BCUT2D eigenvalue weighted by Crippen LogP contribution is -2.11. The second-order valence-corrected chi connectivity index (χ2v) is 3.66. The first-order valence-corrected chi connectivity index (χ1v) is 5.23. The predicted octanol–water partition coefficient (Wildman–Crippen LogP) is 2.63. The smallest absolute Gasteiger partial charge is 0.252 e. The molecule has 0 bridgehead atoms. The highest BCUT2D eigenvalue weighted by molar-refractivity contribution is 6.29. The van der Waals surface area contributed by atoms with Crippen molar-refractivity contribution in [3.8, 4) is 11.5 Å². The van der Waals surface area contributed by atoms with Crippen molar-refractivity contribution in [1.82, 2.24) is 4.98 Å². The van der Waals surface area contributed by atoms with Crippen LogP contribution in [0.5, 0.6) is 11.5 Å². The number of carbonyl (C=O) groups is 1. The SMILES string of the molecule is NC(=O)c1ccccc1Oc1ccnc(Cl)c1. The summed E-state index contributed by atoms with van der Waals surface area (Å²) in [6.45, 7) is 0. The fourth-order valence-corrected chi connectivity index (χ4v) is 1.50. The number of aromatic nitrogens is 1. The fraction of sp³-hybridized carbons (Fsp3) is 0. The summed E-state index contributed by atoms with van der Waals surface area (Å²) in [6.07, 6.45) is 1.52. The van der Waals surface area contributed by atoms with Gasteiger partial charge in [0.15, 0.2) is 0 Å². The molecule has 1 aromatic heterocycles. The number of hydrogen-bond acceptors (Lipinski definition) is 3. The van der Waals surface area contributed by atoms with Crippen LogP contribution in [-0.4, -0.2) is 10.9 Å². The monoisotopic (exact) mass is 248 g/mol. The van der Waals surface area contributed by atoms with Crippen LogP contribution in [0.1, 0.15) is 10.4 Å². The van der Waals surface area contributed by atoms with Crippen LogP contribution in [0, 0.1) is 0 Å². The molecule has 0 spiro atoms. The number of amides is 1. The Bertz CT molecular complexity index is 558. The molecule has 0 aliphatic carbocycles. The number of nitrogens with two attached hydrogens (primary N) is 1. The first-order chi connectivity index (χ1) is 8.16. The lowest BCUT2D eigenvalue weighted by molar-refractivity contribution is 0.0998. The highest BCUT2D eigenvalue weighted by atomic mass is 35.5. The predicted molar refractivity (Wildman–Crippen MR) is 64.3 cm³/mol. The van der Waals surface area contributed by atoms with Crippen molar-refractivity contribution < 1.29 is 9.53 Å². The first kappa shape index (κ1) is 11.4. The summed E-state index contributed by atoms with van der Waals surface area (Å²) in [5, 5.41) is 0.319. The van der Waals surface area contributed by atoms with Crippen LogP contribution in [0.15, 0.2) is 42.6 Å². The number of ether oxygens (including phenoxy) is 1. The number of pyridine rings is 1. The molecule has 0 radical (unpaired) electrons. The van der Waals surface area contributed by atoms with Crippen molar-refractivity contribution >= 4 is 17.5 Å². The number of benzene rings is 1. The van der Waals surface area contributed by atoms with Crippen LogP contribution < -0.4 is 10.5 Å². The van der Waals surface area contributed by atoms with Crippen LogP contribution in [0.2, 0.25) is 5.15 Å². The van der Waals surface area contributed by atoms with E-state index in [1.807, 2.05) is 0 Å². The Morgan fingerprint density at radius 1 is 1.29 bits per heavy atom. The summed E-state index contributed by atoms with van der Waals surface area (Å²) in [5.41, 5.74) is 5.56. The Balaban J connectivity index is 2.33. The third-order valence-electron chi connectivity index (χ3n) is 2.08. The van der Waals surface area contributed by atoms with E-state index in [0.717, 1.165) is 0 Å². The summed E-state index contributed by atoms with van der Waals surface area (Å²) >= 11 is 5.73. The Kier molecular flexibility index (Phi) is 3.25. The minimum atomic E-state index is -0.541. The van der Waals surface area contributed by atoms with E-state index in [2.05, 4.69) is 4.98 Å². The van der Waals surface area contributed by atoms with E-state index in [1.165, 1.54) is 6.20 Å². The molecule has 0 aliphatic heterocycles. The molecule has 0 aliphatic rings. The van der Waals surface area contributed by atoms with Crippen molar-refractivity contribution in [3.05, 3.63) is 53.3 Å². The maximum atomic E-state index is 11.2. The Morgan fingerprint density at radius 2 is 2.06 bits per heavy atom. The molecule has 0 atom stereocenters. The van der Waals surface area contributed by atoms with E-state index in [9.17, 15) is 4.79 Å². The number of carbonyl (C=O) groups excluding carboxylic acids is 1. The van der Waals surface area contributed by atoms with Gasteiger partial charge in [-0.05, 0) is 18.2 Å². The summed E-state index contributed by atoms with van der Waals surface area (Å²) in [6, 6.07) is 9.93. The van der Waals surface area contributed by atoms with Crippen molar-refractivity contribution in [3.63, 3.8) is 0 Å². The zero-order valence-electron chi connectivity index (χ0n) is 8.76. The van der Waals surface area contributed by atoms with E-state index >= 15 is 0 Å². The highest BCUT2D eigenvalue weighted by Gasteiger charge is 2.09. The van der Waals surface area contributed by atoms with Crippen molar-refractivity contribution in [2.75, 3.05) is 0 Å². The molecule has 0 fully saturated rings. The summed E-state index contributed by atoms with van der Waals surface area (Å²) in [4.78, 5) is 15.0. The van der Waals surface area contributed by atoms with Gasteiger partial charge in [0.25, 0.3) is 5.91 Å². The molecule has 17 heavy (non-hydrogen) atoms.